The lowest BCUT2D eigenvalue weighted by Crippen LogP contribution is -2.22. The van der Waals surface area contributed by atoms with Gasteiger partial charge in [-0.15, -0.1) is 0 Å². The monoisotopic (exact) mass is 246 g/mol. The molecular weight excluding hydrogens is 224 g/mol. The molecule has 4 heteroatoms. The lowest BCUT2D eigenvalue weighted by molar-refractivity contribution is 0.568. The zero-order chi connectivity index (χ0) is 12.4. The van der Waals surface area contributed by atoms with Crippen LogP contribution >= 0.6 is 0 Å². The molecule has 2 fully saturated rings. The zero-order valence-corrected chi connectivity index (χ0v) is 11.1. The van der Waals surface area contributed by atoms with E-state index in [4.69, 9.17) is 0 Å². The molecule has 0 spiro atoms. The Kier molecular flexibility index (Phi) is 3.46. The van der Waals surface area contributed by atoms with Crippen molar-refractivity contribution in [3.63, 3.8) is 0 Å². The second-order valence-corrected chi connectivity index (χ2v) is 5.56. The largest absolute Gasteiger partial charge is 0.341 e. The van der Waals surface area contributed by atoms with Gasteiger partial charge in [-0.1, -0.05) is 13.3 Å². The first-order valence-electron chi connectivity index (χ1n) is 7.14. The lowest BCUT2D eigenvalue weighted by Gasteiger charge is -2.16. The molecular formula is C14H22N4. The van der Waals surface area contributed by atoms with Crippen LogP contribution in [0.4, 0.5) is 5.95 Å². The van der Waals surface area contributed by atoms with Gasteiger partial charge in [0.1, 0.15) is 0 Å². The van der Waals surface area contributed by atoms with Crippen LogP contribution in [0.3, 0.4) is 0 Å². The van der Waals surface area contributed by atoms with Gasteiger partial charge in [-0.05, 0) is 25.2 Å². The molecule has 0 aromatic carbocycles. The van der Waals surface area contributed by atoms with E-state index >= 15 is 0 Å². The standard InChI is InChI=1S/C14H22N4/c1-2-11-5-6-18(10-11)14-16-8-12(9-17-14)7-15-13-3-4-13/h8-9,11,13,15H,2-7,10H2,1H3. The van der Waals surface area contributed by atoms with E-state index in [9.17, 15) is 0 Å². The first-order valence-corrected chi connectivity index (χ1v) is 7.14. The Bertz CT molecular complexity index is 385. The molecule has 0 radical (unpaired) electrons. The minimum atomic E-state index is 0.744. The van der Waals surface area contributed by atoms with Crippen molar-refractivity contribution < 1.29 is 0 Å². The quantitative estimate of drug-likeness (QED) is 0.862. The van der Waals surface area contributed by atoms with E-state index in [1.165, 1.54) is 31.2 Å². The first-order chi connectivity index (χ1) is 8.85. The fraction of sp³-hybridized carbons (Fsp3) is 0.714. The molecule has 1 saturated carbocycles. The normalized spacial score (nSPS) is 23.6. The van der Waals surface area contributed by atoms with Crippen molar-refractivity contribution in [3.05, 3.63) is 18.0 Å². The van der Waals surface area contributed by atoms with Crippen molar-refractivity contribution in [3.8, 4) is 0 Å². The van der Waals surface area contributed by atoms with Crippen LogP contribution in [0.1, 0.15) is 38.2 Å². The van der Waals surface area contributed by atoms with E-state index in [0.717, 1.165) is 37.5 Å². The molecule has 4 nitrogen and oxygen atoms in total. The SMILES string of the molecule is CCC1CCN(c2ncc(CNC3CC3)cn2)C1. The van der Waals surface area contributed by atoms with E-state index in [1.54, 1.807) is 0 Å². The second-order valence-electron chi connectivity index (χ2n) is 5.56. The molecule has 1 aromatic heterocycles. The van der Waals surface area contributed by atoms with Crippen molar-refractivity contribution in [2.45, 2.75) is 45.2 Å². The summed E-state index contributed by atoms with van der Waals surface area (Å²) in [6, 6.07) is 0.744. The molecule has 1 aliphatic heterocycles. The molecule has 0 amide bonds. The summed E-state index contributed by atoms with van der Waals surface area (Å²) in [6.07, 6.45) is 9.13. The topological polar surface area (TPSA) is 41.1 Å². The number of nitrogens with one attached hydrogen (secondary N) is 1. The molecule has 1 unspecified atom stereocenters. The molecule has 3 rings (SSSR count). The average Bonchev–Trinajstić information content (AvgIpc) is 3.12. The number of nitrogens with zero attached hydrogens (tertiary/aromatic N) is 3. The van der Waals surface area contributed by atoms with Gasteiger partial charge in [0.2, 0.25) is 5.95 Å². The average molecular weight is 246 g/mol. The molecule has 0 bridgehead atoms. The third-order valence-corrected chi connectivity index (χ3v) is 4.01. The van der Waals surface area contributed by atoms with Gasteiger partial charge >= 0.3 is 0 Å². The van der Waals surface area contributed by atoms with E-state index in [-0.39, 0.29) is 0 Å². The molecule has 1 atom stereocenters. The van der Waals surface area contributed by atoms with Crippen molar-refractivity contribution in [2.75, 3.05) is 18.0 Å². The van der Waals surface area contributed by atoms with Crippen LogP contribution in [0.2, 0.25) is 0 Å². The molecule has 1 saturated heterocycles. The molecule has 2 aliphatic rings. The van der Waals surface area contributed by atoms with Crippen LogP contribution in [0.5, 0.6) is 0 Å². The van der Waals surface area contributed by atoms with Crippen LogP contribution in [0.15, 0.2) is 12.4 Å². The summed E-state index contributed by atoms with van der Waals surface area (Å²) in [5.74, 6) is 1.73. The predicted molar refractivity (Wildman–Crippen MR) is 72.5 cm³/mol. The Labute approximate surface area is 109 Å². The van der Waals surface area contributed by atoms with Gasteiger partial charge in [-0.2, -0.15) is 0 Å². The summed E-state index contributed by atoms with van der Waals surface area (Å²) in [6.45, 7) is 5.40. The number of anilines is 1. The van der Waals surface area contributed by atoms with Gasteiger partial charge in [0.15, 0.2) is 0 Å². The summed E-state index contributed by atoms with van der Waals surface area (Å²) >= 11 is 0. The third-order valence-electron chi connectivity index (χ3n) is 4.01. The maximum Gasteiger partial charge on any atom is 0.225 e. The number of rotatable bonds is 5. The van der Waals surface area contributed by atoms with Crippen molar-refractivity contribution in [2.24, 2.45) is 5.92 Å². The minimum Gasteiger partial charge on any atom is -0.341 e. The molecule has 98 valence electrons. The van der Waals surface area contributed by atoms with Crippen molar-refractivity contribution in [1.82, 2.24) is 15.3 Å². The predicted octanol–water partition coefficient (Wildman–Crippen LogP) is 1.96. The number of hydrogen-bond acceptors (Lipinski definition) is 4. The van der Waals surface area contributed by atoms with Gasteiger partial charge in [0.05, 0.1) is 0 Å². The summed E-state index contributed by atoms with van der Waals surface area (Å²) in [5, 5.41) is 3.48. The Morgan fingerprint density at radius 1 is 1.28 bits per heavy atom. The smallest absolute Gasteiger partial charge is 0.225 e. The third kappa shape index (κ3) is 2.80. The van der Waals surface area contributed by atoms with Crippen molar-refractivity contribution >= 4 is 5.95 Å². The van der Waals surface area contributed by atoms with E-state index in [2.05, 4.69) is 27.1 Å². The van der Waals surface area contributed by atoms with Crippen LogP contribution in [0.25, 0.3) is 0 Å². The summed E-state index contributed by atoms with van der Waals surface area (Å²) in [5.41, 5.74) is 1.19. The fourth-order valence-corrected chi connectivity index (χ4v) is 2.50. The van der Waals surface area contributed by atoms with Gasteiger partial charge in [-0.3, -0.25) is 0 Å². The highest BCUT2D eigenvalue weighted by Gasteiger charge is 2.23. The highest BCUT2D eigenvalue weighted by Crippen LogP contribution is 2.23. The molecule has 18 heavy (non-hydrogen) atoms. The Morgan fingerprint density at radius 2 is 2.06 bits per heavy atom. The highest BCUT2D eigenvalue weighted by atomic mass is 15.3. The Balaban J connectivity index is 1.56. The van der Waals surface area contributed by atoms with Crippen LogP contribution in [-0.4, -0.2) is 29.1 Å². The van der Waals surface area contributed by atoms with Gasteiger partial charge < -0.3 is 10.2 Å². The Morgan fingerprint density at radius 3 is 2.67 bits per heavy atom. The minimum absolute atomic E-state index is 0.744. The molecule has 1 aromatic rings. The van der Waals surface area contributed by atoms with Gasteiger partial charge in [0.25, 0.3) is 0 Å². The summed E-state index contributed by atoms with van der Waals surface area (Å²) < 4.78 is 0. The molecule has 2 heterocycles. The first kappa shape index (κ1) is 11.9. The van der Waals surface area contributed by atoms with Crippen LogP contribution < -0.4 is 10.2 Å². The second kappa shape index (κ2) is 5.22. The van der Waals surface area contributed by atoms with Crippen LogP contribution in [0, 0.1) is 5.92 Å². The van der Waals surface area contributed by atoms with E-state index < -0.39 is 0 Å². The maximum atomic E-state index is 4.50. The fourth-order valence-electron chi connectivity index (χ4n) is 2.50. The Hall–Kier alpha value is -1.16. The van der Waals surface area contributed by atoms with E-state index in [1.807, 2.05) is 12.4 Å². The number of aromatic nitrogens is 2. The summed E-state index contributed by atoms with van der Waals surface area (Å²) in [4.78, 5) is 11.3. The molecule has 1 aliphatic carbocycles. The zero-order valence-electron chi connectivity index (χ0n) is 11.1. The van der Waals surface area contributed by atoms with Crippen molar-refractivity contribution in [1.29, 1.82) is 0 Å². The van der Waals surface area contributed by atoms with Gasteiger partial charge in [0, 0.05) is 43.6 Å². The van der Waals surface area contributed by atoms with E-state index in [0.29, 0.717) is 0 Å². The summed E-state index contributed by atoms with van der Waals surface area (Å²) in [7, 11) is 0. The van der Waals surface area contributed by atoms with Gasteiger partial charge in [-0.25, -0.2) is 9.97 Å². The van der Waals surface area contributed by atoms with Crippen LogP contribution in [-0.2, 0) is 6.54 Å². The lowest BCUT2D eigenvalue weighted by atomic mass is 10.1. The molecule has 1 N–H and O–H groups in total. The maximum absolute atomic E-state index is 4.50. The number of hydrogen-bond donors (Lipinski definition) is 1. The highest BCUT2D eigenvalue weighted by molar-refractivity contribution is 5.31.